The zero-order valence-electron chi connectivity index (χ0n) is 53.5. The van der Waals surface area contributed by atoms with Crippen molar-refractivity contribution in [3.8, 4) is 22.3 Å². The van der Waals surface area contributed by atoms with E-state index in [9.17, 15) is 60.2 Å². The molecule has 4 aliphatic rings. The highest BCUT2D eigenvalue weighted by Crippen LogP contribution is 2.38. The predicted octanol–water partition coefficient (Wildman–Crippen LogP) is 12.7. The third-order valence-corrected chi connectivity index (χ3v) is 17.1. The summed E-state index contributed by atoms with van der Waals surface area (Å²) in [5.41, 5.74) is 2.05. The number of carbonyl (C=O) groups excluding carboxylic acids is 5. The van der Waals surface area contributed by atoms with Gasteiger partial charge < -0.3 is 54.1 Å². The minimum Gasteiger partial charge on any atom is -0.465 e. The van der Waals surface area contributed by atoms with Crippen LogP contribution < -0.4 is 16.0 Å². The van der Waals surface area contributed by atoms with Gasteiger partial charge in [-0.05, 0) is 150 Å². The van der Waals surface area contributed by atoms with Crippen LogP contribution in [-0.2, 0) is 49.2 Å². The van der Waals surface area contributed by atoms with E-state index in [4.69, 9.17) is 23.3 Å². The number of benzene rings is 4. The first kappa shape index (κ1) is 69.6. The SMILES string of the molecule is C[C@@H](NC(=O)c1cc(C2CCN(C(=O)C3COC3)CC2)no1)c1ccc(-c2cc(C(F)(F)F)ccc2CN(C(=O)O)C(C)(C)C)cc1.C[C@@H](NC(=O)c1cc(C2CCN(C(=O)C3COC3)CC2)no1)c1ccc(-c2cc(C(F)(F)F)ccc2CNC(=O)OC(C)(C)C)cc1. The van der Waals surface area contributed by atoms with Gasteiger partial charge in [-0.25, -0.2) is 9.59 Å². The number of alkyl halides is 6. The second-order valence-corrected chi connectivity index (χ2v) is 26.2. The van der Waals surface area contributed by atoms with Crippen LogP contribution in [0.5, 0.6) is 0 Å². The second kappa shape index (κ2) is 28.8. The number of aromatic nitrogens is 2. The molecular weight excluding hydrogens is 1230 g/mol. The van der Waals surface area contributed by atoms with Crippen LogP contribution in [-0.4, -0.2) is 130 Å². The number of nitrogens with one attached hydrogen (secondary N) is 3. The van der Waals surface area contributed by atoms with Crippen LogP contribution in [0.2, 0.25) is 0 Å². The first-order valence-electron chi connectivity index (χ1n) is 31.2. The molecule has 0 spiro atoms. The fourth-order valence-electron chi connectivity index (χ4n) is 11.4. The molecule has 4 saturated heterocycles. The Balaban J connectivity index is 0.000000221. The van der Waals surface area contributed by atoms with Crippen molar-refractivity contribution in [2.75, 3.05) is 52.6 Å². The van der Waals surface area contributed by atoms with Crippen molar-refractivity contribution in [1.82, 2.24) is 41.0 Å². The van der Waals surface area contributed by atoms with E-state index >= 15 is 0 Å². The molecule has 4 aliphatic heterocycles. The van der Waals surface area contributed by atoms with Crippen molar-refractivity contribution in [3.05, 3.63) is 153 Å². The highest BCUT2D eigenvalue weighted by molar-refractivity contribution is 5.92. The Bertz CT molecular complexity index is 3660. The van der Waals surface area contributed by atoms with Gasteiger partial charge >= 0.3 is 24.5 Å². The van der Waals surface area contributed by atoms with E-state index in [0.717, 1.165) is 42.7 Å². The number of hydrogen-bond donors (Lipinski definition) is 4. The fraction of sp³-hybridized carbons (Fsp3) is 0.471. The molecule has 20 nitrogen and oxygen atoms in total. The average molecular weight is 1310 g/mol. The summed E-state index contributed by atoms with van der Waals surface area (Å²) in [5.74, 6) is -0.485. The van der Waals surface area contributed by atoms with Gasteiger partial charge in [0.2, 0.25) is 23.3 Å². The quantitative estimate of drug-likeness (QED) is 0.0658. The van der Waals surface area contributed by atoms with Crippen LogP contribution >= 0.6 is 0 Å². The number of carbonyl (C=O) groups is 6. The summed E-state index contributed by atoms with van der Waals surface area (Å²) < 4.78 is 108. The lowest BCUT2D eigenvalue weighted by Crippen LogP contribution is -2.47. The van der Waals surface area contributed by atoms with Gasteiger partial charge in [-0.15, -0.1) is 0 Å². The van der Waals surface area contributed by atoms with Gasteiger partial charge in [-0.3, -0.25) is 24.1 Å². The molecule has 0 aliphatic carbocycles. The smallest absolute Gasteiger partial charge is 0.416 e. The van der Waals surface area contributed by atoms with Gasteiger partial charge in [0.05, 0.1) is 79.4 Å². The van der Waals surface area contributed by atoms with E-state index in [-0.39, 0.29) is 65.7 Å². The zero-order valence-corrected chi connectivity index (χ0v) is 53.5. The second-order valence-electron chi connectivity index (χ2n) is 26.2. The number of alkyl carbamates (subject to hydrolysis) is 1. The molecule has 0 unspecified atom stereocenters. The van der Waals surface area contributed by atoms with Crippen molar-refractivity contribution >= 4 is 35.8 Å². The molecule has 4 fully saturated rings. The summed E-state index contributed by atoms with van der Waals surface area (Å²) in [6.45, 7) is 18.1. The molecule has 26 heteroatoms. The lowest BCUT2D eigenvalue weighted by molar-refractivity contribution is -0.151. The van der Waals surface area contributed by atoms with Gasteiger partial charge in [-0.2, -0.15) is 26.3 Å². The summed E-state index contributed by atoms with van der Waals surface area (Å²) in [4.78, 5) is 80.0. The largest absolute Gasteiger partial charge is 0.465 e. The van der Waals surface area contributed by atoms with Crippen LogP contribution in [0.4, 0.5) is 35.9 Å². The maximum atomic E-state index is 13.6. The Morgan fingerprint density at radius 1 is 0.585 bits per heavy atom. The molecule has 0 radical (unpaired) electrons. The van der Waals surface area contributed by atoms with E-state index in [1.807, 2.05) is 9.80 Å². The minimum atomic E-state index is -4.58. The Morgan fingerprint density at radius 2 is 0.979 bits per heavy atom. The van der Waals surface area contributed by atoms with Crippen LogP contribution in [0.15, 0.2) is 106 Å². The number of nitrogens with zero attached hydrogens (tertiary/aromatic N) is 5. The van der Waals surface area contributed by atoms with Gasteiger partial charge in [0.25, 0.3) is 11.8 Å². The summed E-state index contributed by atoms with van der Waals surface area (Å²) in [6.07, 6.45) is -8.11. The number of amides is 6. The average Bonchev–Trinajstić information content (AvgIpc) is 0.948. The highest BCUT2D eigenvalue weighted by atomic mass is 19.4. The Morgan fingerprint density at radius 3 is 1.33 bits per heavy atom. The molecule has 4 aromatic carbocycles. The van der Waals surface area contributed by atoms with E-state index in [1.165, 1.54) is 17.0 Å². The van der Waals surface area contributed by atoms with Crippen molar-refractivity contribution in [2.45, 2.75) is 142 Å². The van der Waals surface area contributed by atoms with Crippen LogP contribution in [0, 0.1) is 11.8 Å². The molecule has 94 heavy (non-hydrogen) atoms. The maximum Gasteiger partial charge on any atom is 0.416 e. The Kier molecular flexibility index (Phi) is 21.3. The molecular formula is C68H78F6N8O12. The monoisotopic (exact) mass is 1310 g/mol. The van der Waals surface area contributed by atoms with Crippen LogP contribution in [0.3, 0.4) is 0 Å². The summed E-state index contributed by atoms with van der Waals surface area (Å²) in [7, 11) is 0. The summed E-state index contributed by atoms with van der Waals surface area (Å²) in [5, 5.41) is 26.4. The first-order chi connectivity index (χ1) is 44.3. The lowest BCUT2D eigenvalue weighted by atomic mass is 9.92. The third kappa shape index (κ3) is 17.5. The summed E-state index contributed by atoms with van der Waals surface area (Å²) >= 11 is 0. The molecule has 0 saturated carbocycles. The lowest BCUT2D eigenvalue weighted by Gasteiger charge is -2.36. The van der Waals surface area contributed by atoms with Crippen LogP contribution in [0.25, 0.3) is 22.3 Å². The Hall–Kier alpha value is -8.78. The molecule has 6 heterocycles. The standard InChI is InChI=1S/2C34H39F3N4O6/c1-20(38-30(42)29-16-28(39-47-29)23-11-13-40(14-12-23)31(43)25-18-46-19-25)21-5-7-22(8-6-21)27-15-26(34(35,36)37)10-9-24(27)17-41(32(44)45)33(2,3)4;1-20(39-30(42)29-16-28(40-47-29)23-11-13-41(14-12-23)31(43)25-18-45-19-25)21-5-7-22(8-6-21)27-15-26(34(35,36)37)10-9-24(27)17-38-32(44)46-33(2,3)4/h5-10,15-16,20,23,25H,11-14,17-19H2,1-4H3,(H,38,42)(H,44,45);5-10,15-16,20,23,25H,11-14,17-19H2,1-4H3,(H,38,44)(H,39,42)/t2*20-/m11/s1. The van der Waals surface area contributed by atoms with E-state index in [2.05, 4.69) is 26.3 Å². The highest BCUT2D eigenvalue weighted by Gasteiger charge is 2.38. The van der Waals surface area contributed by atoms with Crippen LogP contribution in [0.1, 0.15) is 171 Å². The minimum absolute atomic E-state index is 0.0388. The van der Waals surface area contributed by atoms with E-state index < -0.39 is 70.7 Å². The van der Waals surface area contributed by atoms with Crippen molar-refractivity contribution in [2.24, 2.45) is 11.8 Å². The van der Waals surface area contributed by atoms with Gasteiger partial charge in [0, 0.05) is 62.2 Å². The zero-order chi connectivity index (χ0) is 68.0. The predicted molar refractivity (Wildman–Crippen MR) is 331 cm³/mol. The van der Waals surface area contributed by atoms with Gasteiger partial charge in [0.1, 0.15) is 5.60 Å². The number of rotatable bonds is 16. The summed E-state index contributed by atoms with van der Waals surface area (Å²) in [6, 6.07) is 22.5. The maximum absolute atomic E-state index is 13.6. The normalized spacial score (nSPS) is 16.7. The Labute approximate surface area is 540 Å². The molecule has 6 amide bonds. The first-order valence-corrected chi connectivity index (χ1v) is 31.2. The van der Waals surface area contributed by atoms with Crippen molar-refractivity contribution in [3.63, 3.8) is 0 Å². The molecule has 0 bridgehead atoms. The number of hydrogen-bond acceptors (Lipinski definition) is 13. The molecule has 10 rings (SSSR count). The topological polar surface area (TPSA) is 248 Å². The molecule has 2 atom stereocenters. The van der Waals surface area contributed by atoms with Crippen molar-refractivity contribution < 1.29 is 83.5 Å². The molecule has 6 aromatic rings. The number of carboxylic acid groups (broad SMARTS) is 1. The van der Waals surface area contributed by atoms with E-state index in [1.54, 1.807) is 116 Å². The number of halogens is 6. The number of ether oxygens (including phenoxy) is 3. The molecule has 2 aromatic heterocycles. The fourth-order valence-corrected chi connectivity index (χ4v) is 11.4. The van der Waals surface area contributed by atoms with Gasteiger partial charge in [-0.1, -0.05) is 71.0 Å². The van der Waals surface area contributed by atoms with Crippen molar-refractivity contribution in [1.29, 1.82) is 0 Å². The number of likely N-dealkylation sites (tertiary alicyclic amines) is 2. The van der Waals surface area contributed by atoms with E-state index in [0.29, 0.717) is 110 Å². The molecule has 504 valence electrons. The number of piperidine rings is 2. The molecule has 4 N–H and O–H groups in total. The van der Waals surface area contributed by atoms with Gasteiger partial charge in [0.15, 0.2) is 0 Å². The third-order valence-electron chi connectivity index (χ3n) is 17.1.